The number of halogens is 3. The van der Waals surface area contributed by atoms with Crippen molar-refractivity contribution in [2.24, 2.45) is 15.9 Å². The number of fused-ring (bicyclic) bond motifs is 1. The number of aliphatic hydroxyl groups excluding tert-OH is 1. The third kappa shape index (κ3) is 7.12. The number of nitriles is 1. The highest BCUT2D eigenvalue weighted by Gasteiger charge is 2.34. The van der Waals surface area contributed by atoms with Gasteiger partial charge in [-0.15, -0.1) is 0 Å². The molecule has 0 aromatic carbocycles. The zero-order chi connectivity index (χ0) is 28.8. The Balaban J connectivity index is 1.22. The minimum absolute atomic E-state index is 0.0640. The Morgan fingerprint density at radius 1 is 1.24 bits per heavy atom. The van der Waals surface area contributed by atoms with Crippen molar-refractivity contribution >= 4 is 12.2 Å². The van der Waals surface area contributed by atoms with Crippen molar-refractivity contribution in [3.63, 3.8) is 0 Å². The lowest BCUT2D eigenvalue weighted by Crippen LogP contribution is -2.46. The van der Waals surface area contributed by atoms with Crippen LogP contribution in [0, 0.1) is 17.2 Å². The Hall–Kier alpha value is -3.76. The fraction of sp³-hybridized carbons (Fsp3) is 0.536. The van der Waals surface area contributed by atoms with Crippen LogP contribution in [0.2, 0.25) is 0 Å². The zero-order valence-electron chi connectivity index (χ0n) is 22.5. The molecular formula is C28H33F3N8O2. The van der Waals surface area contributed by atoms with Crippen LogP contribution in [0.15, 0.2) is 46.8 Å². The van der Waals surface area contributed by atoms with E-state index in [0.29, 0.717) is 44.5 Å². The molecule has 0 amide bonds. The molecule has 218 valence electrons. The Labute approximate surface area is 236 Å². The summed E-state index contributed by atoms with van der Waals surface area (Å²) >= 11 is 0. The van der Waals surface area contributed by atoms with Crippen molar-refractivity contribution < 1.29 is 23.0 Å². The molecule has 1 fully saturated rings. The summed E-state index contributed by atoms with van der Waals surface area (Å²) in [6, 6.07) is 4.69. The maximum atomic E-state index is 13.3. The number of rotatable bonds is 11. The van der Waals surface area contributed by atoms with Gasteiger partial charge < -0.3 is 15.2 Å². The van der Waals surface area contributed by atoms with Gasteiger partial charge in [-0.05, 0) is 49.9 Å². The molecule has 41 heavy (non-hydrogen) atoms. The summed E-state index contributed by atoms with van der Waals surface area (Å²) in [6.07, 6.45) is 7.92. The molecule has 0 spiro atoms. The van der Waals surface area contributed by atoms with Crippen molar-refractivity contribution in [2.45, 2.75) is 69.4 Å². The summed E-state index contributed by atoms with van der Waals surface area (Å²) in [6.45, 7) is 1.78. The first-order chi connectivity index (χ1) is 19.8. The molecule has 5 rings (SSSR count). The van der Waals surface area contributed by atoms with Gasteiger partial charge >= 0.3 is 6.18 Å². The smallest absolute Gasteiger partial charge is 0.433 e. The van der Waals surface area contributed by atoms with Gasteiger partial charge in [-0.25, -0.2) is 9.98 Å². The van der Waals surface area contributed by atoms with Gasteiger partial charge in [0.05, 0.1) is 30.8 Å². The van der Waals surface area contributed by atoms with Crippen LogP contribution in [0.25, 0.3) is 0 Å². The van der Waals surface area contributed by atoms with Crippen LogP contribution in [0.3, 0.4) is 0 Å². The van der Waals surface area contributed by atoms with E-state index in [9.17, 15) is 18.3 Å². The van der Waals surface area contributed by atoms with Gasteiger partial charge in [-0.2, -0.15) is 23.5 Å². The number of piperidine rings is 1. The van der Waals surface area contributed by atoms with E-state index in [2.05, 4.69) is 42.4 Å². The van der Waals surface area contributed by atoms with E-state index in [-0.39, 0.29) is 43.0 Å². The average Bonchev–Trinajstić information content (AvgIpc) is 3.62. The van der Waals surface area contributed by atoms with Crippen LogP contribution >= 0.6 is 0 Å². The highest BCUT2D eigenvalue weighted by Crippen LogP contribution is 2.33. The molecule has 2 N–H and O–H groups in total. The van der Waals surface area contributed by atoms with E-state index in [1.165, 1.54) is 6.07 Å². The summed E-state index contributed by atoms with van der Waals surface area (Å²) in [5.74, 6) is 0.874. The fourth-order valence-electron chi connectivity index (χ4n) is 5.58. The molecule has 2 unspecified atom stereocenters. The normalized spacial score (nSPS) is 21.7. The monoisotopic (exact) mass is 570 g/mol. The largest absolute Gasteiger partial charge is 0.474 e. The summed E-state index contributed by atoms with van der Waals surface area (Å²) in [5.41, 5.74) is 0.319. The molecule has 0 aliphatic carbocycles. The second kappa shape index (κ2) is 12.8. The van der Waals surface area contributed by atoms with Crippen LogP contribution in [-0.4, -0.2) is 68.8 Å². The molecule has 1 saturated heterocycles. The van der Waals surface area contributed by atoms with Gasteiger partial charge in [-0.3, -0.25) is 14.6 Å². The Morgan fingerprint density at radius 2 is 2.07 bits per heavy atom. The molecule has 0 radical (unpaired) electrons. The molecule has 10 nitrogen and oxygen atoms in total. The van der Waals surface area contributed by atoms with Crippen LogP contribution in [0.1, 0.15) is 55.0 Å². The zero-order valence-corrected chi connectivity index (χ0v) is 22.5. The van der Waals surface area contributed by atoms with Gasteiger partial charge in [0, 0.05) is 50.0 Å². The molecule has 2 aromatic heterocycles. The first-order valence-corrected chi connectivity index (χ1v) is 13.9. The standard InChI is InChI=1S/C28H33F3N8O2/c29-28(30,31)24-13-19(7-12-40)14-25(37-24)41-22-5-10-38(11-6-22)21(3-1-2-8-32)17-39-16-20(15-36-39)26-23-4-9-33-27(23)35-18-34-26/h4,9,13-16,18,21-23,26,40H,1-3,5-7,10-12,17H2,(H,33,34,35)/t21-,23?,26?/m0/s1. The van der Waals surface area contributed by atoms with E-state index >= 15 is 0 Å². The summed E-state index contributed by atoms with van der Waals surface area (Å²) < 4.78 is 47.9. The van der Waals surface area contributed by atoms with Gasteiger partial charge in [-0.1, -0.05) is 6.08 Å². The first-order valence-electron chi connectivity index (χ1n) is 13.9. The molecular weight excluding hydrogens is 537 g/mol. The lowest BCUT2D eigenvalue weighted by Gasteiger charge is -2.37. The molecule has 0 saturated carbocycles. The topological polar surface area (TPSA) is 124 Å². The van der Waals surface area contributed by atoms with E-state index in [0.717, 1.165) is 30.3 Å². The minimum atomic E-state index is -4.60. The molecule has 3 atom stereocenters. The SMILES string of the molecule is N#CCCC[C@@H](Cn1cc(C2N=CN=C3NC=CC32)cn1)N1CCC(Oc2cc(CCO)cc(C(F)(F)F)n2)CC1. The van der Waals surface area contributed by atoms with E-state index in [4.69, 9.17) is 10.00 Å². The summed E-state index contributed by atoms with van der Waals surface area (Å²) in [4.78, 5) is 14.9. The number of nitrogens with one attached hydrogen (secondary N) is 1. The number of nitrogens with zero attached hydrogens (tertiary/aromatic N) is 7. The van der Waals surface area contributed by atoms with Crippen molar-refractivity contribution in [1.29, 1.82) is 5.26 Å². The lowest BCUT2D eigenvalue weighted by atomic mass is 9.95. The quantitative estimate of drug-likeness (QED) is 0.395. The molecule has 5 heterocycles. The third-order valence-corrected chi connectivity index (χ3v) is 7.67. The Bertz CT molecular complexity index is 1320. The average molecular weight is 571 g/mol. The van der Waals surface area contributed by atoms with E-state index < -0.39 is 11.9 Å². The number of hydrogen-bond donors (Lipinski definition) is 2. The second-order valence-corrected chi connectivity index (χ2v) is 10.5. The second-order valence-electron chi connectivity index (χ2n) is 10.5. The number of ether oxygens (including phenoxy) is 1. The summed E-state index contributed by atoms with van der Waals surface area (Å²) in [7, 11) is 0. The minimum Gasteiger partial charge on any atom is -0.474 e. The number of pyridine rings is 1. The highest BCUT2D eigenvalue weighted by atomic mass is 19.4. The van der Waals surface area contributed by atoms with Gasteiger partial charge in [0.25, 0.3) is 0 Å². The maximum Gasteiger partial charge on any atom is 0.433 e. The van der Waals surface area contributed by atoms with E-state index in [1.54, 1.807) is 6.34 Å². The molecule has 2 aromatic rings. The van der Waals surface area contributed by atoms with Crippen molar-refractivity contribution in [1.82, 2.24) is 25.0 Å². The number of unbranched alkanes of at least 4 members (excludes halogenated alkanes) is 1. The number of aromatic nitrogens is 3. The van der Waals surface area contributed by atoms with Crippen LogP contribution in [0.5, 0.6) is 5.88 Å². The maximum absolute atomic E-state index is 13.3. The predicted molar refractivity (Wildman–Crippen MR) is 145 cm³/mol. The number of aliphatic hydroxyl groups is 1. The number of amidine groups is 1. The number of hydrogen-bond acceptors (Lipinski definition) is 9. The lowest BCUT2D eigenvalue weighted by molar-refractivity contribution is -0.141. The van der Waals surface area contributed by atoms with Crippen molar-refractivity contribution in [3.05, 3.63) is 53.6 Å². The van der Waals surface area contributed by atoms with Crippen LogP contribution in [0.4, 0.5) is 13.2 Å². The third-order valence-electron chi connectivity index (χ3n) is 7.67. The van der Waals surface area contributed by atoms with Gasteiger partial charge in [0.1, 0.15) is 24.0 Å². The molecule has 13 heteroatoms. The first kappa shape index (κ1) is 28.8. The molecule has 3 aliphatic heterocycles. The number of aliphatic imine (C=N–C) groups is 2. The van der Waals surface area contributed by atoms with Crippen LogP contribution < -0.4 is 10.1 Å². The predicted octanol–water partition coefficient (Wildman–Crippen LogP) is 3.65. The van der Waals surface area contributed by atoms with Crippen LogP contribution in [-0.2, 0) is 19.1 Å². The fourth-order valence-corrected chi connectivity index (χ4v) is 5.58. The summed E-state index contributed by atoms with van der Waals surface area (Å²) in [5, 5.41) is 26.0. The molecule has 3 aliphatic rings. The van der Waals surface area contributed by atoms with Gasteiger partial charge in [0.15, 0.2) is 0 Å². The number of likely N-dealkylation sites (tertiary alicyclic amines) is 1. The van der Waals surface area contributed by atoms with Crippen molar-refractivity contribution in [3.8, 4) is 11.9 Å². The Kier molecular flexibility index (Phi) is 8.99. The molecule has 0 bridgehead atoms. The number of alkyl halides is 3. The van der Waals surface area contributed by atoms with Gasteiger partial charge in [0.2, 0.25) is 5.88 Å². The van der Waals surface area contributed by atoms with Crippen molar-refractivity contribution in [2.75, 3.05) is 19.7 Å². The van der Waals surface area contributed by atoms with E-state index in [1.807, 2.05) is 23.3 Å². The highest BCUT2D eigenvalue weighted by molar-refractivity contribution is 5.96. The Morgan fingerprint density at radius 3 is 2.83 bits per heavy atom.